The van der Waals surface area contributed by atoms with Crippen LogP contribution in [0.2, 0.25) is 0 Å². The molecule has 0 aliphatic carbocycles. The molecule has 7 heteroatoms. The number of rotatable bonds is 13. The number of anilines is 1. The van der Waals surface area contributed by atoms with Crippen molar-refractivity contribution in [1.82, 2.24) is 4.98 Å². The Balaban J connectivity index is 1.49. The molecule has 5 rings (SSSR count). The van der Waals surface area contributed by atoms with Crippen molar-refractivity contribution >= 4 is 11.5 Å². The molecule has 1 aliphatic heterocycles. The summed E-state index contributed by atoms with van der Waals surface area (Å²) in [6, 6.07) is 23.9. The Morgan fingerprint density at radius 3 is 2.44 bits per heavy atom. The average molecular weight is 611 g/mol. The Morgan fingerprint density at radius 2 is 1.78 bits per heavy atom. The first-order chi connectivity index (χ1) is 21.6. The van der Waals surface area contributed by atoms with Gasteiger partial charge in [-0.05, 0) is 85.8 Å². The summed E-state index contributed by atoms with van der Waals surface area (Å²) in [6.07, 6.45) is 2.04. The summed E-state index contributed by atoms with van der Waals surface area (Å²) in [5, 5.41) is 11.9. The van der Waals surface area contributed by atoms with E-state index in [0.29, 0.717) is 41.6 Å². The lowest BCUT2D eigenvalue weighted by atomic mass is 9.80. The maximum Gasteiger partial charge on any atom is 0.163 e. The molecule has 45 heavy (non-hydrogen) atoms. The summed E-state index contributed by atoms with van der Waals surface area (Å²) in [6.45, 7) is 10.2. The Morgan fingerprint density at radius 1 is 1.04 bits per heavy atom. The molecular formula is C38H43FN2O4. The number of nitrogens with zero attached hydrogens (tertiary/aromatic N) is 2. The highest BCUT2D eigenvalue weighted by atomic mass is 19.1. The minimum atomic E-state index is -1.39. The van der Waals surface area contributed by atoms with Crippen LogP contribution in [0.1, 0.15) is 80.6 Å². The minimum absolute atomic E-state index is 0.108. The van der Waals surface area contributed by atoms with E-state index in [1.807, 2.05) is 31.2 Å². The molecule has 1 aromatic heterocycles. The third kappa shape index (κ3) is 6.89. The number of carbonyl (C=O) groups excluding carboxylic acids is 1. The molecule has 1 N–H and O–H groups in total. The number of ketones is 1. The quantitative estimate of drug-likeness (QED) is 0.154. The molecule has 3 aromatic carbocycles. The van der Waals surface area contributed by atoms with Crippen molar-refractivity contribution in [2.45, 2.75) is 70.9 Å². The normalized spacial score (nSPS) is 17.1. The Kier molecular flexibility index (Phi) is 9.59. The molecule has 0 saturated carbocycles. The molecule has 0 fully saturated rings. The summed E-state index contributed by atoms with van der Waals surface area (Å²) in [5.74, 6) is 0.671. The third-order valence-corrected chi connectivity index (χ3v) is 8.95. The van der Waals surface area contributed by atoms with E-state index < -0.39 is 5.60 Å². The maximum absolute atomic E-state index is 14.0. The van der Waals surface area contributed by atoms with Crippen molar-refractivity contribution in [2.24, 2.45) is 0 Å². The van der Waals surface area contributed by atoms with Gasteiger partial charge in [0, 0.05) is 36.1 Å². The van der Waals surface area contributed by atoms with E-state index in [4.69, 9.17) is 14.5 Å². The van der Waals surface area contributed by atoms with Crippen LogP contribution in [0.3, 0.4) is 0 Å². The average Bonchev–Trinajstić information content (AvgIpc) is 3.34. The Bertz CT molecular complexity index is 1640. The van der Waals surface area contributed by atoms with E-state index in [0.717, 1.165) is 36.2 Å². The Labute approximate surface area is 265 Å². The van der Waals surface area contributed by atoms with Gasteiger partial charge in [-0.3, -0.25) is 4.79 Å². The second-order valence-electron chi connectivity index (χ2n) is 12.4. The van der Waals surface area contributed by atoms with Crippen LogP contribution in [0.5, 0.6) is 11.5 Å². The van der Waals surface area contributed by atoms with Crippen LogP contribution >= 0.6 is 0 Å². The van der Waals surface area contributed by atoms with E-state index in [-0.39, 0.29) is 29.9 Å². The molecule has 2 atom stereocenters. The van der Waals surface area contributed by atoms with Crippen LogP contribution in [-0.4, -0.2) is 36.1 Å². The van der Waals surface area contributed by atoms with Crippen molar-refractivity contribution < 1.29 is 23.8 Å². The molecule has 1 aliphatic rings. The summed E-state index contributed by atoms with van der Waals surface area (Å²) in [7, 11) is 1.55. The first kappa shape index (κ1) is 32.2. The first-order valence-electron chi connectivity index (χ1n) is 15.8. The second-order valence-corrected chi connectivity index (χ2v) is 12.4. The van der Waals surface area contributed by atoms with Crippen LogP contribution < -0.4 is 14.4 Å². The Hall–Kier alpha value is -4.23. The number of halogens is 1. The van der Waals surface area contributed by atoms with Crippen molar-refractivity contribution in [3.63, 3.8) is 0 Å². The second kappa shape index (κ2) is 13.4. The number of benzene rings is 3. The number of ether oxygens (including phenoxy) is 2. The molecule has 2 heterocycles. The predicted octanol–water partition coefficient (Wildman–Crippen LogP) is 8.24. The topological polar surface area (TPSA) is 71.9 Å². The number of carbonyl (C=O) groups is 1. The van der Waals surface area contributed by atoms with Gasteiger partial charge >= 0.3 is 0 Å². The smallest absolute Gasteiger partial charge is 0.163 e. The zero-order valence-electron chi connectivity index (χ0n) is 26.9. The number of hydrogen-bond acceptors (Lipinski definition) is 6. The molecule has 0 unspecified atom stereocenters. The maximum atomic E-state index is 14.0. The van der Waals surface area contributed by atoms with E-state index in [1.54, 1.807) is 44.4 Å². The van der Waals surface area contributed by atoms with Gasteiger partial charge in [0.2, 0.25) is 0 Å². The van der Waals surface area contributed by atoms with E-state index >= 15 is 0 Å². The van der Waals surface area contributed by atoms with Gasteiger partial charge in [-0.15, -0.1) is 0 Å². The van der Waals surface area contributed by atoms with Crippen molar-refractivity contribution in [1.29, 1.82) is 0 Å². The zero-order valence-corrected chi connectivity index (χ0v) is 26.9. The van der Waals surface area contributed by atoms with Gasteiger partial charge in [0.15, 0.2) is 17.3 Å². The summed E-state index contributed by atoms with van der Waals surface area (Å²) in [5.41, 5.74) is 4.17. The fourth-order valence-electron chi connectivity index (χ4n) is 6.03. The fraction of sp³-hybridized carbons (Fsp3) is 0.368. The molecule has 0 amide bonds. The highest BCUT2D eigenvalue weighted by Crippen LogP contribution is 2.49. The van der Waals surface area contributed by atoms with Crippen LogP contribution in [-0.2, 0) is 17.6 Å². The lowest BCUT2D eigenvalue weighted by Gasteiger charge is -2.27. The number of aliphatic hydroxyl groups is 1. The first-order valence-corrected chi connectivity index (χ1v) is 15.8. The minimum Gasteiger partial charge on any atom is -0.493 e. The number of fused-ring (bicyclic) bond motifs is 1. The van der Waals surface area contributed by atoms with Crippen LogP contribution in [0, 0.1) is 5.82 Å². The van der Waals surface area contributed by atoms with Crippen LogP contribution in [0.4, 0.5) is 10.1 Å². The van der Waals surface area contributed by atoms with E-state index in [9.17, 15) is 14.3 Å². The molecule has 6 nitrogen and oxygen atoms in total. The molecule has 0 spiro atoms. The van der Waals surface area contributed by atoms with Gasteiger partial charge in [0.1, 0.15) is 11.4 Å². The number of Topliss-reactive ketones (excluding diaryl/α,β-unsaturated/α-hetero) is 1. The molecule has 236 valence electrons. The number of methoxy groups -OCH3 is 1. The predicted molar refractivity (Wildman–Crippen MR) is 177 cm³/mol. The van der Waals surface area contributed by atoms with Gasteiger partial charge in [-0.25, -0.2) is 9.37 Å². The van der Waals surface area contributed by atoms with Crippen molar-refractivity contribution in [3.05, 3.63) is 107 Å². The van der Waals surface area contributed by atoms with E-state index in [1.165, 1.54) is 17.7 Å². The van der Waals surface area contributed by atoms with Crippen molar-refractivity contribution in [2.75, 3.05) is 25.2 Å². The van der Waals surface area contributed by atoms with Crippen LogP contribution in [0.15, 0.2) is 78.9 Å². The van der Waals surface area contributed by atoms with Gasteiger partial charge in [0.05, 0.1) is 30.8 Å². The van der Waals surface area contributed by atoms with Crippen molar-refractivity contribution in [3.8, 4) is 22.8 Å². The summed E-state index contributed by atoms with van der Waals surface area (Å²) >= 11 is 0. The summed E-state index contributed by atoms with van der Waals surface area (Å²) in [4.78, 5) is 20.7. The van der Waals surface area contributed by atoms with Gasteiger partial charge in [-0.1, -0.05) is 51.1 Å². The number of pyridine rings is 1. The number of hydrogen-bond donors (Lipinski definition) is 1. The fourth-order valence-corrected chi connectivity index (χ4v) is 6.03. The molecular weight excluding hydrogens is 567 g/mol. The lowest BCUT2D eigenvalue weighted by molar-refractivity contribution is 0.0397. The largest absolute Gasteiger partial charge is 0.493 e. The lowest BCUT2D eigenvalue weighted by Crippen LogP contribution is -2.30. The monoisotopic (exact) mass is 610 g/mol. The number of aromatic nitrogens is 1. The standard InChI is InChI=1S/C38H43FN2O4/c1-6-21-45-32-18-15-28(22-33(32)44-5)31(42)19-20-38(4,43)34-23-30-36(35(40-34)27-13-16-29(39)17-14-27)41(25-37(30,3)7-2)24-26-11-9-8-10-12-26/h8-18,22-23,43H,6-7,19-21,24-25H2,1-5H3/t37-,38-/m0/s1. The van der Waals surface area contributed by atoms with Gasteiger partial charge in [0.25, 0.3) is 0 Å². The summed E-state index contributed by atoms with van der Waals surface area (Å²) < 4.78 is 25.2. The molecule has 0 radical (unpaired) electrons. The van der Waals surface area contributed by atoms with E-state index in [2.05, 4.69) is 30.9 Å². The highest BCUT2D eigenvalue weighted by Gasteiger charge is 2.42. The van der Waals surface area contributed by atoms with Crippen LogP contribution in [0.25, 0.3) is 11.3 Å². The molecule has 0 saturated heterocycles. The zero-order chi connectivity index (χ0) is 32.2. The highest BCUT2D eigenvalue weighted by molar-refractivity contribution is 5.96. The van der Waals surface area contributed by atoms with Gasteiger partial charge < -0.3 is 19.5 Å². The van der Waals surface area contributed by atoms with Gasteiger partial charge in [-0.2, -0.15) is 0 Å². The molecule has 4 aromatic rings. The SMILES string of the molecule is CCCOc1ccc(C(=O)CC[C@](C)(O)c2cc3c(c(-c4ccc(F)cc4)n2)N(Cc2ccccc2)C[C@]3(C)CC)cc1OC. The third-order valence-electron chi connectivity index (χ3n) is 8.95. The molecule has 0 bridgehead atoms.